The second-order valence-corrected chi connectivity index (χ2v) is 8.51. The predicted octanol–water partition coefficient (Wildman–Crippen LogP) is 4.34. The maximum Gasteiger partial charge on any atom is 0.163 e. The Labute approximate surface area is 144 Å². The molecule has 2 atom stereocenters. The van der Waals surface area contributed by atoms with Crippen LogP contribution in [0.2, 0.25) is 0 Å². The molecular weight excluding hydrogens is 298 g/mol. The lowest BCUT2D eigenvalue weighted by Crippen LogP contribution is -2.54. The normalized spacial score (nSPS) is 31.4. The van der Waals surface area contributed by atoms with Gasteiger partial charge < -0.3 is 4.74 Å². The van der Waals surface area contributed by atoms with E-state index in [2.05, 4.69) is 43.4 Å². The first-order valence-electron chi connectivity index (χ1n) is 9.21. The van der Waals surface area contributed by atoms with Gasteiger partial charge in [0.2, 0.25) is 0 Å². The maximum atomic E-state index is 12.7. The molecule has 1 saturated carbocycles. The molecule has 3 nitrogen and oxygen atoms in total. The van der Waals surface area contributed by atoms with Crippen LogP contribution in [0.25, 0.3) is 0 Å². The zero-order valence-corrected chi connectivity index (χ0v) is 14.7. The molecule has 1 N–H and O–H groups in total. The van der Waals surface area contributed by atoms with Gasteiger partial charge >= 0.3 is 0 Å². The fourth-order valence-corrected chi connectivity index (χ4v) is 4.69. The molecule has 3 heteroatoms. The third kappa shape index (κ3) is 2.90. The molecule has 0 spiro atoms. The Morgan fingerprint density at radius 3 is 2.79 bits per heavy atom. The fraction of sp³-hybridized carbons (Fsp3) is 0.571. The Morgan fingerprint density at radius 1 is 1.21 bits per heavy atom. The number of benzene rings is 1. The highest BCUT2D eigenvalue weighted by atomic mass is 16.5. The van der Waals surface area contributed by atoms with E-state index in [0.29, 0.717) is 18.1 Å². The molecule has 4 rings (SSSR count). The molecule has 0 unspecified atom stereocenters. The van der Waals surface area contributed by atoms with Crippen molar-refractivity contribution in [2.24, 2.45) is 11.3 Å². The van der Waals surface area contributed by atoms with Gasteiger partial charge in [-0.05, 0) is 29.7 Å². The molecule has 0 saturated heterocycles. The summed E-state index contributed by atoms with van der Waals surface area (Å²) in [5.74, 6) is 1.69. The van der Waals surface area contributed by atoms with Gasteiger partial charge in [0.15, 0.2) is 11.5 Å². The average Bonchev–Trinajstić information content (AvgIpc) is 2.52. The molecule has 3 aliphatic rings. The number of carbonyl (C=O) groups is 1. The van der Waals surface area contributed by atoms with E-state index in [1.54, 1.807) is 0 Å². The van der Waals surface area contributed by atoms with Crippen LogP contribution >= 0.6 is 0 Å². The number of carbonyl (C=O) groups excluding carboxylic acids is 1. The van der Waals surface area contributed by atoms with Gasteiger partial charge in [-0.25, -0.2) is 0 Å². The summed E-state index contributed by atoms with van der Waals surface area (Å²) >= 11 is 0. The maximum absolute atomic E-state index is 12.7. The zero-order valence-electron chi connectivity index (χ0n) is 14.7. The topological polar surface area (TPSA) is 38.3 Å². The van der Waals surface area contributed by atoms with Crippen molar-refractivity contribution < 1.29 is 9.53 Å². The molecular formula is C21H27NO2. The monoisotopic (exact) mass is 325 g/mol. The van der Waals surface area contributed by atoms with Crippen LogP contribution < -0.4 is 5.32 Å². The summed E-state index contributed by atoms with van der Waals surface area (Å²) in [5.41, 5.74) is 2.02. The molecule has 0 amide bonds. The van der Waals surface area contributed by atoms with E-state index in [9.17, 15) is 4.79 Å². The first kappa shape index (κ1) is 15.9. The number of nitrogens with one attached hydrogen (secondary N) is 1. The number of hydrogen-bond donors (Lipinski definition) is 1. The van der Waals surface area contributed by atoms with Crippen molar-refractivity contribution in [2.75, 3.05) is 0 Å². The number of Topliss-reactive ketones (excluding diaryl/α,β-unsaturated/α-hetero) is 1. The second-order valence-electron chi connectivity index (χ2n) is 8.51. The third-order valence-electron chi connectivity index (χ3n) is 5.77. The average molecular weight is 325 g/mol. The highest BCUT2D eigenvalue weighted by molar-refractivity contribution is 5.97. The molecule has 0 radical (unpaired) electrons. The van der Waals surface area contributed by atoms with Crippen molar-refractivity contribution in [3.63, 3.8) is 0 Å². The molecule has 1 heterocycles. The molecule has 1 aliphatic heterocycles. The van der Waals surface area contributed by atoms with Crippen molar-refractivity contribution >= 4 is 5.78 Å². The van der Waals surface area contributed by atoms with Gasteiger partial charge in [0.05, 0.1) is 0 Å². The summed E-state index contributed by atoms with van der Waals surface area (Å²) in [4.78, 5) is 12.7. The molecule has 24 heavy (non-hydrogen) atoms. The summed E-state index contributed by atoms with van der Waals surface area (Å²) in [7, 11) is 0. The number of rotatable bonds is 3. The van der Waals surface area contributed by atoms with Gasteiger partial charge in [-0.3, -0.25) is 10.1 Å². The van der Waals surface area contributed by atoms with Gasteiger partial charge in [0.25, 0.3) is 0 Å². The first-order valence-corrected chi connectivity index (χ1v) is 9.21. The number of allylic oxidation sites excluding steroid dienone is 2. The van der Waals surface area contributed by atoms with Crippen LogP contribution in [0.4, 0.5) is 0 Å². The summed E-state index contributed by atoms with van der Waals surface area (Å²) < 4.78 is 6.52. The smallest absolute Gasteiger partial charge is 0.163 e. The Morgan fingerprint density at radius 2 is 2.00 bits per heavy atom. The van der Waals surface area contributed by atoms with E-state index in [1.807, 2.05) is 6.07 Å². The first-order chi connectivity index (χ1) is 11.5. The molecule has 1 aromatic carbocycles. The Balaban J connectivity index is 1.58. The summed E-state index contributed by atoms with van der Waals surface area (Å²) in [5, 5.41) is 3.69. The lowest BCUT2D eigenvalue weighted by atomic mass is 9.68. The van der Waals surface area contributed by atoms with E-state index in [0.717, 1.165) is 50.0 Å². The SMILES string of the molecule is CC1(C)CC(=O)C2=C(C1)O[C@@]1(NCc3ccccc3)CCC[C@@H]2C1. The van der Waals surface area contributed by atoms with Gasteiger partial charge in [-0.15, -0.1) is 0 Å². The van der Waals surface area contributed by atoms with E-state index in [1.165, 1.54) is 5.56 Å². The lowest BCUT2D eigenvalue weighted by Gasteiger charge is -2.50. The van der Waals surface area contributed by atoms with E-state index in [4.69, 9.17) is 4.74 Å². The van der Waals surface area contributed by atoms with Gasteiger partial charge in [0, 0.05) is 37.8 Å². The molecule has 0 aromatic heterocycles. The Hall–Kier alpha value is -1.61. The van der Waals surface area contributed by atoms with E-state index < -0.39 is 0 Å². The number of ketones is 1. The van der Waals surface area contributed by atoms with E-state index >= 15 is 0 Å². The van der Waals surface area contributed by atoms with Crippen molar-refractivity contribution in [3.8, 4) is 0 Å². The third-order valence-corrected chi connectivity index (χ3v) is 5.77. The van der Waals surface area contributed by atoms with Gasteiger partial charge in [-0.2, -0.15) is 0 Å². The summed E-state index contributed by atoms with van der Waals surface area (Å²) in [6.07, 6.45) is 5.77. The number of hydrogen-bond acceptors (Lipinski definition) is 3. The molecule has 128 valence electrons. The number of fused-ring (bicyclic) bond motifs is 3. The van der Waals surface area contributed by atoms with Crippen molar-refractivity contribution in [2.45, 2.75) is 64.6 Å². The fourth-order valence-electron chi connectivity index (χ4n) is 4.69. The van der Waals surface area contributed by atoms with Crippen molar-refractivity contribution in [1.82, 2.24) is 5.32 Å². The predicted molar refractivity (Wildman–Crippen MR) is 94.1 cm³/mol. The Kier molecular flexibility index (Phi) is 3.80. The molecule has 1 aromatic rings. The van der Waals surface area contributed by atoms with Gasteiger partial charge in [-0.1, -0.05) is 44.2 Å². The zero-order chi connectivity index (χ0) is 16.8. The summed E-state index contributed by atoms with van der Waals surface area (Å²) in [6, 6.07) is 10.5. The van der Waals surface area contributed by atoms with Crippen LogP contribution in [-0.4, -0.2) is 11.5 Å². The van der Waals surface area contributed by atoms with Crippen LogP contribution in [0.5, 0.6) is 0 Å². The highest BCUT2D eigenvalue weighted by Gasteiger charge is 2.49. The molecule has 2 aliphatic carbocycles. The van der Waals surface area contributed by atoms with Crippen LogP contribution in [-0.2, 0) is 16.1 Å². The highest BCUT2D eigenvalue weighted by Crippen LogP contribution is 2.50. The van der Waals surface area contributed by atoms with Crippen LogP contribution in [0.15, 0.2) is 41.7 Å². The standard InChI is InChI=1S/C21H27NO2/c1-20(2)12-17(23)19-16-9-6-10-21(11-16,24-18(19)13-20)22-14-15-7-4-3-5-8-15/h3-5,7-8,16,22H,6,9-14H2,1-2H3/t16-,21+/m1/s1. The Bertz CT molecular complexity index is 676. The molecule has 2 bridgehead atoms. The largest absolute Gasteiger partial charge is 0.477 e. The van der Waals surface area contributed by atoms with E-state index in [-0.39, 0.29) is 11.1 Å². The van der Waals surface area contributed by atoms with Gasteiger partial charge in [0.1, 0.15) is 5.76 Å². The minimum Gasteiger partial charge on any atom is -0.477 e. The second kappa shape index (κ2) is 5.73. The minimum absolute atomic E-state index is 0.0160. The van der Waals surface area contributed by atoms with Crippen LogP contribution in [0, 0.1) is 11.3 Å². The summed E-state index contributed by atoms with van der Waals surface area (Å²) in [6.45, 7) is 5.16. The van der Waals surface area contributed by atoms with Crippen LogP contribution in [0.3, 0.4) is 0 Å². The number of ether oxygens (including phenoxy) is 1. The lowest BCUT2D eigenvalue weighted by molar-refractivity contribution is -0.128. The van der Waals surface area contributed by atoms with Crippen LogP contribution in [0.1, 0.15) is 57.9 Å². The molecule has 1 fully saturated rings. The van der Waals surface area contributed by atoms with Crippen molar-refractivity contribution in [1.29, 1.82) is 0 Å². The van der Waals surface area contributed by atoms with Crippen molar-refractivity contribution in [3.05, 3.63) is 47.2 Å². The minimum atomic E-state index is -0.286. The quantitative estimate of drug-likeness (QED) is 0.898.